The first-order valence-electron chi connectivity index (χ1n) is 4.41. The van der Waals surface area contributed by atoms with Crippen LogP contribution in [0.4, 0.5) is 0 Å². The fourth-order valence-electron chi connectivity index (χ4n) is 0.465. The van der Waals surface area contributed by atoms with Crippen LogP contribution in [0.2, 0.25) is 0 Å². The minimum atomic E-state index is -1.04. The molecule has 0 bridgehead atoms. The molecule has 0 atom stereocenters. The number of carbonyl (C=O) groups excluding carboxylic acids is 1. The van der Waals surface area contributed by atoms with Gasteiger partial charge < -0.3 is 14.9 Å². The lowest BCUT2D eigenvalue weighted by Gasteiger charge is -1.94. The molecule has 0 aromatic heterocycles. The molecule has 0 amide bonds. The molecule has 0 unspecified atom stereocenters. The molecule has 0 saturated heterocycles. The van der Waals surface area contributed by atoms with E-state index in [1.54, 1.807) is 0 Å². The zero-order valence-electron chi connectivity index (χ0n) is 9.38. The Morgan fingerprint density at radius 2 is 1.71 bits per heavy atom. The van der Waals surface area contributed by atoms with Gasteiger partial charge in [0.25, 0.3) is 0 Å². The summed E-state index contributed by atoms with van der Waals surface area (Å²) in [6, 6.07) is 0. The lowest BCUT2D eigenvalue weighted by molar-refractivity contribution is -0.137. The third-order valence-electron chi connectivity index (χ3n) is 1.30. The summed E-state index contributed by atoms with van der Waals surface area (Å²) in [5.74, 6) is -2.54. The minimum absolute atomic E-state index is 0.0514. The lowest BCUT2D eigenvalue weighted by Crippen LogP contribution is -2.00. The average molecular weight is 242 g/mol. The number of ether oxygens (including phenoxy) is 1. The normalized spacial score (nSPS) is 9.35. The summed E-state index contributed by atoms with van der Waals surface area (Å²) >= 11 is 0. The molecule has 0 fully saturated rings. The van der Waals surface area contributed by atoms with E-state index in [4.69, 9.17) is 10.2 Å². The summed E-state index contributed by atoms with van der Waals surface area (Å²) in [4.78, 5) is 30.1. The van der Waals surface area contributed by atoms with E-state index in [-0.39, 0.29) is 12.0 Å². The molecule has 0 aromatic carbocycles. The van der Waals surface area contributed by atoms with Crippen molar-refractivity contribution >= 4 is 17.9 Å². The van der Waals surface area contributed by atoms with Crippen LogP contribution in [0.15, 0.2) is 37.1 Å². The molecular weight excluding hydrogens is 228 g/mol. The largest absolute Gasteiger partial charge is 0.478 e. The molecule has 0 aliphatic rings. The van der Waals surface area contributed by atoms with Gasteiger partial charge in [-0.3, -0.25) is 4.79 Å². The molecule has 0 aromatic rings. The van der Waals surface area contributed by atoms with E-state index in [0.29, 0.717) is 0 Å². The molecule has 0 saturated carbocycles. The van der Waals surface area contributed by atoms with E-state index in [2.05, 4.69) is 17.9 Å². The first kappa shape index (κ1) is 17.0. The summed E-state index contributed by atoms with van der Waals surface area (Å²) in [6.07, 6.45) is 3.07. The predicted octanol–water partition coefficient (Wildman–Crippen LogP) is 1.35. The van der Waals surface area contributed by atoms with Crippen molar-refractivity contribution < 1.29 is 29.3 Å². The maximum absolute atomic E-state index is 10.6. The highest BCUT2D eigenvalue weighted by atomic mass is 16.5. The molecule has 6 heteroatoms. The molecule has 94 valence electrons. The second kappa shape index (κ2) is 10.2. The average Bonchev–Trinajstić information content (AvgIpc) is 2.26. The molecule has 0 spiro atoms. The number of esters is 1. The van der Waals surface area contributed by atoms with E-state index >= 15 is 0 Å². The molecule has 2 N–H and O–H groups in total. The van der Waals surface area contributed by atoms with Gasteiger partial charge in [-0.2, -0.15) is 0 Å². The minimum Gasteiger partial charge on any atom is -0.478 e. The predicted molar refractivity (Wildman–Crippen MR) is 60.1 cm³/mol. The van der Waals surface area contributed by atoms with Gasteiger partial charge in [-0.15, -0.1) is 0 Å². The first-order chi connectivity index (χ1) is 7.84. The molecule has 0 heterocycles. The van der Waals surface area contributed by atoms with Crippen molar-refractivity contribution in [3.8, 4) is 0 Å². The highest BCUT2D eigenvalue weighted by molar-refractivity contribution is 5.86. The number of aliphatic carboxylic acids is 2. The van der Waals surface area contributed by atoms with Crippen LogP contribution in [0.1, 0.15) is 13.3 Å². The number of carboxylic acid groups (broad SMARTS) is 2. The van der Waals surface area contributed by atoms with Crippen LogP contribution in [0.25, 0.3) is 0 Å². The van der Waals surface area contributed by atoms with Gasteiger partial charge in [0, 0.05) is 11.6 Å². The van der Waals surface area contributed by atoms with E-state index < -0.39 is 17.9 Å². The molecule has 17 heavy (non-hydrogen) atoms. The topological polar surface area (TPSA) is 101 Å². The van der Waals surface area contributed by atoms with Gasteiger partial charge in [-0.25, -0.2) is 9.59 Å². The monoisotopic (exact) mass is 242 g/mol. The van der Waals surface area contributed by atoms with Crippen LogP contribution in [-0.4, -0.2) is 28.1 Å². The number of rotatable bonds is 5. The maximum atomic E-state index is 10.6. The van der Waals surface area contributed by atoms with Gasteiger partial charge in [0.15, 0.2) is 0 Å². The third-order valence-corrected chi connectivity index (χ3v) is 1.30. The van der Waals surface area contributed by atoms with Crippen molar-refractivity contribution in [3.63, 3.8) is 0 Å². The van der Waals surface area contributed by atoms with Crippen LogP contribution in [0.3, 0.4) is 0 Å². The van der Waals surface area contributed by atoms with Gasteiger partial charge in [-0.1, -0.05) is 19.2 Å². The Balaban J connectivity index is 0. The smallest absolute Gasteiger partial charge is 0.330 e. The number of hydrogen-bond donors (Lipinski definition) is 2. The number of carbonyl (C=O) groups is 3. The van der Waals surface area contributed by atoms with E-state index in [0.717, 1.165) is 12.3 Å². The van der Waals surface area contributed by atoms with Gasteiger partial charge in [0.05, 0.1) is 12.7 Å². The first-order valence-corrected chi connectivity index (χ1v) is 4.41. The number of carboxylic acids is 2. The van der Waals surface area contributed by atoms with Crippen LogP contribution in [-0.2, 0) is 19.1 Å². The summed E-state index contributed by atoms with van der Waals surface area (Å²) in [5, 5.41) is 16.0. The number of hydrogen-bond acceptors (Lipinski definition) is 4. The van der Waals surface area contributed by atoms with Crippen molar-refractivity contribution in [2.24, 2.45) is 0 Å². The molecule has 0 rings (SSSR count). The molecular formula is C11H14O6. The molecule has 6 nitrogen and oxygen atoms in total. The van der Waals surface area contributed by atoms with Crippen LogP contribution >= 0.6 is 0 Å². The second-order valence-electron chi connectivity index (χ2n) is 2.60. The van der Waals surface area contributed by atoms with E-state index in [1.165, 1.54) is 13.0 Å². The van der Waals surface area contributed by atoms with Crippen molar-refractivity contribution in [1.29, 1.82) is 0 Å². The molecule has 0 aliphatic heterocycles. The Labute approximate surface area is 98.5 Å². The highest BCUT2D eigenvalue weighted by Crippen LogP contribution is 1.96. The fourth-order valence-corrected chi connectivity index (χ4v) is 0.465. The SMILES string of the molecule is C=CC(=O)O.C=COC(=O)CC=C(C)C(=O)O. The van der Waals surface area contributed by atoms with Crippen LogP contribution in [0, 0.1) is 0 Å². The van der Waals surface area contributed by atoms with Gasteiger partial charge >= 0.3 is 17.9 Å². The second-order valence-corrected chi connectivity index (χ2v) is 2.60. The zero-order valence-corrected chi connectivity index (χ0v) is 9.38. The Hall–Kier alpha value is -2.37. The standard InChI is InChI=1S/C8H10O4.C3H4O2/c1-3-12-7(9)5-4-6(2)8(10)11;1-2-3(4)5/h3-4H,1,5H2,2H3,(H,10,11);2H,1H2,(H,4,5). The van der Waals surface area contributed by atoms with E-state index in [9.17, 15) is 14.4 Å². The van der Waals surface area contributed by atoms with Crippen molar-refractivity contribution in [2.45, 2.75) is 13.3 Å². The fraction of sp³-hybridized carbons (Fsp3) is 0.182. The molecule has 0 aliphatic carbocycles. The third kappa shape index (κ3) is 13.6. The van der Waals surface area contributed by atoms with Crippen LogP contribution < -0.4 is 0 Å². The van der Waals surface area contributed by atoms with Crippen molar-refractivity contribution in [3.05, 3.63) is 37.1 Å². The highest BCUT2D eigenvalue weighted by Gasteiger charge is 2.02. The van der Waals surface area contributed by atoms with Crippen molar-refractivity contribution in [1.82, 2.24) is 0 Å². The Bertz CT molecular complexity index is 340. The summed E-state index contributed by atoms with van der Waals surface area (Å²) < 4.78 is 4.36. The van der Waals surface area contributed by atoms with Gasteiger partial charge in [0.1, 0.15) is 0 Å². The summed E-state index contributed by atoms with van der Waals surface area (Å²) in [5.41, 5.74) is 0.121. The summed E-state index contributed by atoms with van der Waals surface area (Å²) in [6.45, 7) is 7.55. The quantitative estimate of drug-likeness (QED) is 0.428. The summed E-state index contributed by atoms with van der Waals surface area (Å²) in [7, 11) is 0. The van der Waals surface area contributed by atoms with Gasteiger partial charge in [0.2, 0.25) is 0 Å². The van der Waals surface area contributed by atoms with Crippen LogP contribution in [0.5, 0.6) is 0 Å². The van der Waals surface area contributed by atoms with E-state index in [1.807, 2.05) is 0 Å². The molecule has 0 radical (unpaired) electrons. The lowest BCUT2D eigenvalue weighted by atomic mass is 10.2. The van der Waals surface area contributed by atoms with Crippen molar-refractivity contribution in [2.75, 3.05) is 0 Å². The zero-order chi connectivity index (χ0) is 13.8. The Morgan fingerprint density at radius 1 is 1.24 bits per heavy atom. The van der Waals surface area contributed by atoms with Gasteiger partial charge in [-0.05, 0) is 6.92 Å². The maximum Gasteiger partial charge on any atom is 0.330 e. The Kier molecular flexibility index (Phi) is 10.2. The Morgan fingerprint density at radius 3 is 2.00 bits per heavy atom.